The van der Waals surface area contributed by atoms with Gasteiger partial charge in [0.25, 0.3) is 0 Å². The first-order valence-electron chi connectivity index (χ1n) is 9.94. The van der Waals surface area contributed by atoms with E-state index in [-0.39, 0.29) is 30.2 Å². The van der Waals surface area contributed by atoms with Crippen LogP contribution in [0.5, 0.6) is 0 Å². The largest absolute Gasteiger partial charge is 0.478 e. The molecule has 1 N–H and O–H groups in total. The molecular weight excluding hydrogens is 374 g/mol. The van der Waals surface area contributed by atoms with Crippen LogP contribution in [0.15, 0.2) is 18.2 Å². The van der Waals surface area contributed by atoms with Crippen molar-refractivity contribution in [3.05, 3.63) is 29.3 Å². The van der Waals surface area contributed by atoms with Crippen LogP contribution in [0.25, 0.3) is 0 Å². The van der Waals surface area contributed by atoms with E-state index in [1.165, 1.54) is 0 Å². The summed E-state index contributed by atoms with van der Waals surface area (Å²) in [5, 5.41) is 9.22. The molecule has 2 aliphatic heterocycles. The number of aromatic carboxylic acids is 1. The number of carboxylic acids is 1. The molecule has 29 heavy (non-hydrogen) atoms. The Bertz CT molecular complexity index is 817. The average Bonchev–Trinajstić information content (AvgIpc) is 3.03. The molecule has 1 atom stereocenters. The smallest absolute Gasteiger partial charge is 0.410 e. The van der Waals surface area contributed by atoms with Crippen molar-refractivity contribution in [2.24, 2.45) is 0 Å². The van der Waals surface area contributed by atoms with E-state index in [9.17, 15) is 19.5 Å². The molecule has 0 aromatic heterocycles. The summed E-state index contributed by atoms with van der Waals surface area (Å²) in [6, 6.07) is 4.88. The van der Waals surface area contributed by atoms with E-state index in [1.807, 2.05) is 32.6 Å². The van der Waals surface area contributed by atoms with Gasteiger partial charge in [0.05, 0.1) is 12.1 Å². The van der Waals surface area contributed by atoms with Gasteiger partial charge in [0, 0.05) is 37.9 Å². The SMILES string of the molecule is CC1CN(CC(=O)N2CCc3ccc(C(=O)O)cc32)CCN1C(=O)OC(C)(C)C. The van der Waals surface area contributed by atoms with E-state index in [0.717, 1.165) is 12.0 Å². The number of fused-ring (bicyclic) bond motifs is 1. The third-order valence-electron chi connectivity index (χ3n) is 5.23. The molecule has 2 aliphatic rings. The first-order valence-corrected chi connectivity index (χ1v) is 9.94. The van der Waals surface area contributed by atoms with E-state index >= 15 is 0 Å². The summed E-state index contributed by atoms with van der Waals surface area (Å²) in [7, 11) is 0. The maximum Gasteiger partial charge on any atom is 0.410 e. The summed E-state index contributed by atoms with van der Waals surface area (Å²) in [5.74, 6) is -1.05. The predicted octanol–water partition coefficient (Wildman–Crippen LogP) is 2.22. The number of carbonyl (C=O) groups excluding carboxylic acids is 2. The number of piperazine rings is 1. The van der Waals surface area contributed by atoms with Crippen LogP contribution in [0, 0.1) is 0 Å². The van der Waals surface area contributed by atoms with Gasteiger partial charge in [-0.15, -0.1) is 0 Å². The number of amides is 2. The summed E-state index contributed by atoms with van der Waals surface area (Å²) in [6.07, 6.45) is 0.398. The number of rotatable bonds is 3. The van der Waals surface area contributed by atoms with Crippen LogP contribution in [0.4, 0.5) is 10.5 Å². The Morgan fingerprint density at radius 1 is 1.17 bits per heavy atom. The monoisotopic (exact) mass is 403 g/mol. The highest BCUT2D eigenvalue weighted by atomic mass is 16.6. The number of benzene rings is 1. The van der Waals surface area contributed by atoms with Crippen molar-refractivity contribution in [1.82, 2.24) is 9.80 Å². The van der Waals surface area contributed by atoms with Crippen molar-refractivity contribution in [2.45, 2.75) is 45.8 Å². The van der Waals surface area contributed by atoms with Crippen molar-refractivity contribution < 1.29 is 24.2 Å². The molecule has 1 saturated heterocycles. The Labute approximate surface area is 171 Å². The standard InChI is InChI=1S/C21H29N3O5/c1-14-12-22(9-10-23(14)20(28)29-21(2,3)4)13-18(25)24-8-7-15-5-6-16(19(26)27)11-17(15)24/h5-6,11,14H,7-10,12-13H2,1-4H3,(H,26,27). The fourth-order valence-corrected chi connectivity index (χ4v) is 3.82. The predicted molar refractivity (Wildman–Crippen MR) is 108 cm³/mol. The van der Waals surface area contributed by atoms with Gasteiger partial charge >= 0.3 is 12.1 Å². The topological polar surface area (TPSA) is 90.4 Å². The van der Waals surface area contributed by atoms with Crippen molar-refractivity contribution in [3.8, 4) is 0 Å². The number of hydrogen-bond acceptors (Lipinski definition) is 5. The highest BCUT2D eigenvalue weighted by molar-refractivity contribution is 5.98. The minimum Gasteiger partial charge on any atom is -0.478 e. The fraction of sp³-hybridized carbons (Fsp3) is 0.571. The zero-order valence-electron chi connectivity index (χ0n) is 17.5. The molecule has 8 nitrogen and oxygen atoms in total. The molecule has 1 fully saturated rings. The van der Waals surface area contributed by atoms with Gasteiger partial charge in [-0.1, -0.05) is 6.07 Å². The Kier molecular flexibility index (Phi) is 5.84. The van der Waals surface area contributed by atoms with Crippen molar-refractivity contribution >= 4 is 23.7 Å². The second-order valence-electron chi connectivity index (χ2n) is 8.70. The second-order valence-corrected chi connectivity index (χ2v) is 8.70. The lowest BCUT2D eigenvalue weighted by Crippen LogP contribution is -2.56. The van der Waals surface area contributed by atoms with Gasteiger partial charge in [-0.25, -0.2) is 9.59 Å². The van der Waals surface area contributed by atoms with Crippen LogP contribution in [0.1, 0.15) is 43.6 Å². The number of hydrogen-bond donors (Lipinski definition) is 1. The first kappa shape index (κ1) is 21.1. The van der Waals surface area contributed by atoms with Crippen LogP contribution in [-0.4, -0.2) is 77.2 Å². The Morgan fingerprint density at radius 2 is 1.90 bits per heavy atom. The minimum atomic E-state index is -1.00. The molecule has 158 valence electrons. The second kappa shape index (κ2) is 8.02. The molecule has 0 radical (unpaired) electrons. The number of ether oxygens (including phenoxy) is 1. The highest BCUT2D eigenvalue weighted by Crippen LogP contribution is 2.29. The third-order valence-corrected chi connectivity index (χ3v) is 5.23. The van der Waals surface area contributed by atoms with Gasteiger partial charge in [-0.3, -0.25) is 9.69 Å². The highest BCUT2D eigenvalue weighted by Gasteiger charge is 2.33. The summed E-state index contributed by atoms with van der Waals surface area (Å²) in [4.78, 5) is 41.9. The van der Waals surface area contributed by atoms with Crippen molar-refractivity contribution in [1.29, 1.82) is 0 Å². The van der Waals surface area contributed by atoms with Gasteiger partial charge in [0.1, 0.15) is 5.60 Å². The Balaban J connectivity index is 1.60. The van der Waals surface area contributed by atoms with Crippen LogP contribution >= 0.6 is 0 Å². The molecule has 0 saturated carbocycles. The molecule has 1 aromatic rings. The number of carbonyl (C=O) groups is 3. The molecule has 0 spiro atoms. The fourth-order valence-electron chi connectivity index (χ4n) is 3.82. The lowest BCUT2D eigenvalue weighted by atomic mass is 10.1. The van der Waals surface area contributed by atoms with Crippen molar-refractivity contribution in [2.75, 3.05) is 37.6 Å². The molecule has 2 amide bonds. The Morgan fingerprint density at radius 3 is 2.52 bits per heavy atom. The van der Waals surface area contributed by atoms with Crippen molar-refractivity contribution in [3.63, 3.8) is 0 Å². The van der Waals surface area contributed by atoms with E-state index in [2.05, 4.69) is 0 Å². The molecule has 2 heterocycles. The lowest BCUT2D eigenvalue weighted by molar-refractivity contribution is -0.120. The van der Waals surface area contributed by atoms with Crippen LogP contribution in [0.2, 0.25) is 0 Å². The zero-order chi connectivity index (χ0) is 21.3. The first-order chi connectivity index (χ1) is 13.5. The van der Waals surface area contributed by atoms with Gasteiger partial charge in [-0.2, -0.15) is 0 Å². The maximum atomic E-state index is 12.9. The molecule has 1 aromatic carbocycles. The molecular formula is C21H29N3O5. The Hall–Kier alpha value is -2.61. The quantitative estimate of drug-likeness (QED) is 0.832. The number of anilines is 1. The van der Waals surface area contributed by atoms with E-state index in [1.54, 1.807) is 28.0 Å². The molecule has 0 bridgehead atoms. The number of nitrogens with zero attached hydrogens (tertiary/aromatic N) is 3. The molecule has 0 aliphatic carbocycles. The van der Waals surface area contributed by atoms with E-state index < -0.39 is 11.6 Å². The van der Waals surface area contributed by atoms with Gasteiger partial charge < -0.3 is 19.6 Å². The van der Waals surface area contributed by atoms with Gasteiger partial charge in [0.2, 0.25) is 5.91 Å². The van der Waals surface area contributed by atoms with Gasteiger partial charge in [0.15, 0.2) is 0 Å². The maximum absolute atomic E-state index is 12.9. The normalized spacial score (nSPS) is 19.8. The van der Waals surface area contributed by atoms with Gasteiger partial charge in [-0.05, 0) is 51.8 Å². The third kappa shape index (κ3) is 4.87. The average molecular weight is 403 g/mol. The van der Waals surface area contributed by atoms with E-state index in [4.69, 9.17) is 4.74 Å². The summed E-state index contributed by atoms with van der Waals surface area (Å²) >= 11 is 0. The summed E-state index contributed by atoms with van der Waals surface area (Å²) in [6.45, 7) is 9.95. The van der Waals surface area contributed by atoms with Crippen LogP contribution in [-0.2, 0) is 16.0 Å². The minimum absolute atomic E-state index is 0.0517. The summed E-state index contributed by atoms with van der Waals surface area (Å²) in [5.41, 5.74) is 1.33. The summed E-state index contributed by atoms with van der Waals surface area (Å²) < 4.78 is 5.46. The molecule has 1 unspecified atom stereocenters. The number of carboxylic acid groups (broad SMARTS) is 1. The zero-order valence-corrected chi connectivity index (χ0v) is 17.5. The van der Waals surface area contributed by atoms with E-state index in [0.29, 0.717) is 31.9 Å². The molecule has 3 rings (SSSR count). The lowest BCUT2D eigenvalue weighted by Gasteiger charge is -2.40. The van der Waals surface area contributed by atoms with Crippen LogP contribution in [0.3, 0.4) is 0 Å². The van der Waals surface area contributed by atoms with Crippen LogP contribution < -0.4 is 4.90 Å². The molecule has 8 heteroatoms.